The fraction of sp³-hybridized carbons (Fsp3) is 0.750. The lowest BCUT2D eigenvalue weighted by atomic mass is 10.1. The van der Waals surface area contributed by atoms with Crippen LogP contribution in [-0.2, 0) is 15.8 Å². The molecule has 108 valence electrons. The van der Waals surface area contributed by atoms with Gasteiger partial charge in [-0.1, -0.05) is 12.1 Å². The van der Waals surface area contributed by atoms with Crippen LogP contribution in [0.1, 0.15) is 31.2 Å². The van der Waals surface area contributed by atoms with Crippen molar-refractivity contribution in [2.45, 2.75) is 38.5 Å². The molecule has 0 aliphatic carbocycles. The van der Waals surface area contributed by atoms with Crippen LogP contribution in [0.3, 0.4) is 0 Å². The lowest BCUT2D eigenvalue weighted by Crippen LogP contribution is -2.48. The van der Waals surface area contributed by atoms with Gasteiger partial charge in [0.15, 0.2) is 0 Å². The molecule has 2 rings (SSSR count). The largest absolute Gasteiger partial charge is 0.361 e. The number of rotatable bonds is 5. The number of piperidine rings is 1. The zero-order valence-electron chi connectivity index (χ0n) is 11.4. The number of likely N-dealkylation sites (N-methyl/N-ethyl adjacent to an activating group) is 1. The highest BCUT2D eigenvalue weighted by atomic mass is 32.2. The second-order valence-corrected chi connectivity index (χ2v) is 6.81. The summed E-state index contributed by atoms with van der Waals surface area (Å²) in [6.07, 6.45) is 1.93. The molecule has 0 amide bonds. The Kier molecular flexibility index (Phi) is 4.59. The smallest absolute Gasteiger partial charge is 0.220 e. The molecule has 1 atom stereocenters. The fourth-order valence-electron chi connectivity index (χ4n) is 2.52. The van der Waals surface area contributed by atoms with Gasteiger partial charge in [0, 0.05) is 25.2 Å². The standard InChI is InChI=1S/C12H21N3O3S/c1-3-15(12-5-4-6-13-8-12)19(16,17)9-11-7-10(2)18-14-11/h7,12-13H,3-6,8-9H2,1-2H3. The molecule has 1 aliphatic heterocycles. The van der Waals surface area contributed by atoms with Crippen LogP contribution in [0.2, 0.25) is 0 Å². The van der Waals surface area contributed by atoms with Crippen LogP contribution in [0.25, 0.3) is 0 Å². The Hall–Kier alpha value is -0.920. The van der Waals surface area contributed by atoms with Crippen LogP contribution in [0.5, 0.6) is 0 Å². The maximum absolute atomic E-state index is 12.5. The first kappa shape index (κ1) is 14.5. The van der Waals surface area contributed by atoms with Crippen LogP contribution in [0.4, 0.5) is 0 Å². The Balaban J connectivity index is 2.11. The number of sulfonamides is 1. The van der Waals surface area contributed by atoms with Gasteiger partial charge in [-0.05, 0) is 26.3 Å². The first-order valence-corrected chi connectivity index (χ1v) is 8.26. The van der Waals surface area contributed by atoms with Crippen molar-refractivity contribution in [1.29, 1.82) is 0 Å². The summed E-state index contributed by atoms with van der Waals surface area (Å²) in [6.45, 7) is 5.82. The summed E-state index contributed by atoms with van der Waals surface area (Å²) in [7, 11) is -3.34. The minimum absolute atomic E-state index is 0.0525. The monoisotopic (exact) mass is 287 g/mol. The molecule has 1 aromatic rings. The van der Waals surface area contributed by atoms with Crippen LogP contribution in [0, 0.1) is 6.92 Å². The van der Waals surface area contributed by atoms with Gasteiger partial charge in [-0.25, -0.2) is 8.42 Å². The highest BCUT2D eigenvalue weighted by molar-refractivity contribution is 7.88. The van der Waals surface area contributed by atoms with Crippen molar-refractivity contribution < 1.29 is 12.9 Å². The van der Waals surface area contributed by atoms with Gasteiger partial charge in [0.2, 0.25) is 10.0 Å². The number of nitrogens with zero attached hydrogens (tertiary/aromatic N) is 2. The second kappa shape index (κ2) is 6.02. The molecule has 0 spiro atoms. The molecular weight excluding hydrogens is 266 g/mol. The summed E-state index contributed by atoms with van der Waals surface area (Å²) < 4.78 is 31.4. The minimum Gasteiger partial charge on any atom is -0.361 e. The van der Waals surface area contributed by atoms with Crippen molar-refractivity contribution in [3.8, 4) is 0 Å². The zero-order chi connectivity index (χ0) is 13.9. The van der Waals surface area contributed by atoms with E-state index in [1.165, 1.54) is 0 Å². The van der Waals surface area contributed by atoms with E-state index in [1.54, 1.807) is 17.3 Å². The van der Waals surface area contributed by atoms with E-state index in [1.807, 2.05) is 6.92 Å². The van der Waals surface area contributed by atoms with Gasteiger partial charge in [0.05, 0.1) is 0 Å². The number of nitrogens with one attached hydrogen (secondary N) is 1. The van der Waals surface area contributed by atoms with E-state index >= 15 is 0 Å². The van der Waals surface area contributed by atoms with E-state index in [0.717, 1.165) is 25.9 Å². The Morgan fingerprint density at radius 3 is 2.89 bits per heavy atom. The average molecular weight is 287 g/mol. The SMILES string of the molecule is CCN(C1CCCNC1)S(=O)(=O)Cc1cc(C)on1. The molecule has 0 bridgehead atoms. The summed E-state index contributed by atoms with van der Waals surface area (Å²) in [6, 6.07) is 1.72. The molecular formula is C12H21N3O3S. The van der Waals surface area contributed by atoms with E-state index in [9.17, 15) is 8.42 Å². The summed E-state index contributed by atoms with van der Waals surface area (Å²) in [5, 5.41) is 7.02. The van der Waals surface area contributed by atoms with Gasteiger partial charge in [-0.3, -0.25) is 0 Å². The van der Waals surface area contributed by atoms with E-state index < -0.39 is 10.0 Å². The summed E-state index contributed by atoms with van der Waals surface area (Å²) in [5.41, 5.74) is 0.472. The molecule has 1 N–H and O–H groups in total. The minimum atomic E-state index is -3.34. The Morgan fingerprint density at radius 1 is 1.58 bits per heavy atom. The molecule has 1 unspecified atom stereocenters. The predicted octanol–water partition coefficient (Wildman–Crippen LogP) is 0.887. The Morgan fingerprint density at radius 2 is 2.37 bits per heavy atom. The van der Waals surface area contributed by atoms with Gasteiger partial charge in [0.1, 0.15) is 17.2 Å². The van der Waals surface area contributed by atoms with Crippen molar-refractivity contribution in [2.24, 2.45) is 0 Å². The number of aromatic nitrogens is 1. The number of hydrogen-bond donors (Lipinski definition) is 1. The molecule has 1 aliphatic rings. The first-order chi connectivity index (χ1) is 9.03. The van der Waals surface area contributed by atoms with Crippen molar-refractivity contribution in [1.82, 2.24) is 14.8 Å². The third-order valence-electron chi connectivity index (χ3n) is 3.35. The molecule has 1 fully saturated rings. The van der Waals surface area contributed by atoms with Gasteiger partial charge >= 0.3 is 0 Å². The molecule has 19 heavy (non-hydrogen) atoms. The van der Waals surface area contributed by atoms with Gasteiger partial charge < -0.3 is 9.84 Å². The summed E-state index contributed by atoms with van der Waals surface area (Å²) in [5.74, 6) is 0.543. The number of hydrogen-bond acceptors (Lipinski definition) is 5. The zero-order valence-corrected chi connectivity index (χ0v) is 12.2. The van der Waals surface area contributed by atoms with Gasteiger partial charge in [-0.2, -0.15) is 4.31 Å². The summed E-state index contributed by atoms with van der Waals surface area (Å²) >= 11 is 0. The quantitative estimate of drug-likeness (QED) is 0.870. The fourth-order valence-corrected chi connectivity index (χ4v) is 4.22. The maximum Gasteiger partial charge on any atom is 0.220 e. The number of aryl methyl sites for hydroxylation is 1. The molecule has 6 nitrogen and oxygen atoms in total. The molecule has 1 saturated heterocycles. The third kappa shape index (κ3) is 3.55. The van der Waals surface area contributed by atoms with E-state index in [2.05, 4.69) is 10.5 Å². The molecule has 0 aromatic carbocycles. The highest BCUT2D eigenvalue weighted by Gasteiger charge is 2.30. The molecule has 0 saturated carbocycles. The van der Waals surface area contributed by atoms with Gasteiger partial charge in [-0.15, -0.1) is 0 Å². The highest BCUT2D eigenvalue weighted by Crippen LogP contribution is 2.18. The molecule has 2 heterocycles. The first-order valence-electron chi connectivity index (χ1n) is 6.65. The van der Waals surface area contributed by atoms with Crippen molar-refractivity contribution in [3.63, 3.8) is 0 Å². The maximum atomic E-state index is 12.5. The van der Waals surface area contributed by atoms with Crippen LogP contribution in [0.15, 0.2) is 10.6 Å². The lowest BCUT2D eigenvalue weighted by molar-refractivity contribution is 0.274. The van der Waals surface area contributed by atoms with Crippen molar-refractivity contribution >= 4 is 10.0 Å². The topological polar surface area (TPSA) is 75.4 Å². The van der Waals surface area contributed by atoms with E-state index in [4.69, 9.17) is 4.52 Å². The summed E-state index contributed by atoms with van der Waals surface area (Å²) in [4.78, 5) is 0. The normalized spacial score (nSPS) is 20.9. The van der Waals surface area contributed by atoms with Crippen LogP contribution in [-0.4, -0.2) is 43.6 Å². The van der Waals surface area contributed by atoms with Crippen LogP contribution >= 0.6 is 0 Å². The van der Waals surface area contributed by atoms with Crippen molar-refractivity contribution in [2.75, 3.05) is 19.6 Å². The Labute approximate surface area is 114 Å². The van der Waals surface area contributed by atoms with E-state index in [-0.39, 0.29) is 11.8 Å². The van der Waals surface area contributed by atoms with Gasteiger partial charge in [0.25, 0.3) is 0 Å². The average Bonchev–Trinajstić information content (AvgIpc) is 2.75. The predicted molar refractivity (Wildman–Crippen MR) is 72.1 cm³/mol. The molecule has 1 aromatic heterocycles. The Bertz CT molecular complexity index is 506. The molecule has 7 heteroatoms. The lowest BCUT2D eigenvalue weighted by Gasteiger charge is -2.32. The third-order valence-corrected chi connectivity index (χ3v) is 5.29. The van der Waals surface area contributed by atoms with Crippen LogP contribution < -0.4 is 5.32 Å². The van der Waals surface area contributed by atoms with E-state index in [0.29, 0.717) is 18.0 Å². The second-order valence-electron chi connectivity index (χ2n) is 4.89. The van der Waals surface area contributed by atoms with Crippen molar-refractivity contribution in [3.05, 3.63) is 17.5 Å². The molecule has 0 radical (unpaired) electrons.